The Morgan fingerprint density at radius 1 is 1.45 bits per heavy atom. The van der Waals surface area contributed by atoms with E-state index in [-0.39, 0.29) is 23.1 Å². The average molecular weight is 352 g/mol. The molecule has 0 unspecified atom stereocenters. The molecule has 0 radical (unpaired) electrons. The van der Waals surface area contributed by atoms with E-state index < -0.39 is 17.5 Å². The minimum Gasteiger partial charge on any atom is -0.404 e. The first-order chi connectivity index (χ1) is 8.69. The number of halogens is 6. The van der Waals surface area contributed by atoms with Crippen LogP contribution >= 0.6 is 35.6 Å². The van der Waals surface area contributed by atoms with Gasteiger partial charge in [-0.3, -0.25) is 9.69 Å². The number of nitrogens with zero attached hydrogens (tertiary/aromatic N) is 2. The molecule has 0 heterocycles. The van der Waals surface area contributed by atoms with Gasteiger partial charge in [-0.1, -0.05) is 11.6 Å². The molecule has 0 atom stereocenters. The molecule has 112 valence electrons. The number of alkyl halides is 3. The van der Waals surface area contributed by atoms with E-state index in [0.717, 1.165) is 23.4 Å². The summed E-state index contributed by atoms with van der Waals surface area (Å²) in [5, 5.41) is -1.02. The quantitative estimate of drug-likeness (QED) is 0.345. The summed E-state index contributed by atoms with van der Waals surface area (Å²) in [5.74, 6) is -0.533. The van der Waals surface area contributed by atoms with Crippen molar-refractivity contribution in [2.45, 2.75) is 6.36 Å². The van der Waals surface area contributed by atoms with Crippen LogP contribution in [0.1, 0.15) is 0 Å². The minimum absolute atomic E-state index is 0. The topological polar surface area (TPSA) is 41.9 Å². The lowest BCUT2D eigenvalue weighted by Gasteiger charge is -2.10. The summed E-state index contributed by atoms with van der Waals surface area (Å²) in [7, 11) is 1.36. The number of amides is 1. The summed E-state index contributed by atoms with van der Waals surface area (Å²) in [4.78, 5) is 15.5. The SMILES string of the molecule is CN(C=Nc1ccc(OC(F)(F)F)c(Cl)c1)C(=O)Cl.Cl. The second-order valence-electron chi connectivity index (χ2n) is 3.27. The lowest BCUT2D eigenvalue weighted by atomic mass is 10.3. The van der Waals surface area contributed by atoms with Crippen molar-refractivity contribution >= 4 is 53.0 Å². The van der Waals surface area contributed by atoms with E-state index in [9.17, 15) is 18.0 Å². The Morgan fingerprint density at radius 2 is 2.05 bits per heavy atom. The van der Waals surface area contributed by atoms with E-state index in [4.69, 9.17) is 23.2 Å². The lowest BCUT2D eigenvalue weighted by molar-refractivity contribution is -0.274. The van der Waals surface area contributed by atoms with Crippen LogP contribution in [0.2, 0.25) is 5.02 Å². The summed E-state index contributed by atoms with van der Waals surface area (Å²) < 4.78 is 39.7. The second-order valence-corrected chi connectivity index (χ2v) is 4.00. The first-order valence-electron chi connectivity index (χ1n) is 4.71. The Morgan fingerprint density at radius 3 is 2.50 bits per heavy atom. The van der Waals surface area contributed by atoms with Crippen molar-refractivity contribution in [3.8, 4) is 5.75 Å². The average Bonchev–Trinajstić information content (AvgIpc) is 2.27. The van der Waals surface area contributed by atoms with Gasteiger partial charge in [0.1, 0.15) is 5.75 Å². The molecule has 0 bridgehead atoms. The van der Waals surface area contributed by atoms with Crippen LogP contribution in [0.4, 0.5) is 23.7 Å². The third kappa shape index (κ3) is 6.31. The molecule has 0 N–H and O–H groups in total. The summed E-state index contributed by atoms with van der Waals surface area (Å²) in [6, 6.07) is 3.42. The van der Waals surface area contributed by atoms with Gasteiger partial charge in [-0.15, -0.1) is 25.6 Å². The van der Waals surface area contributed by atoms with Gasteiger partial charge in [0.15, 0.2) is 0 Å². The van der Waals surface area contributed by atoms with Gasteiger partial charge >= 0.3 is 11.7 Å². The maximum Gasteiger partial charge on any atom is 0.573 e. The van der Waals surface area contributed by atoms with Crippen molar-refractivity contribution in [3.63, 3.8) is 0 Å². The van der Waals surface area contributed by atoms with Gasteiger partial charge in [0.25, 0.3) is 0 Å². The van der Waals surface area contributed by atoms with E-state index in [1.54, 1.807) is 0 Å². The largest absolute Gasteiger partial charge is 0.573 e. The Kier molecular flexibility index (Phi) is 7.12. The van der Waals surface area contributed by atoms with Crippen LogP contribution in [0, 0.1) is 0 Å². The van der Waals surface area contributed by atoms with Crippen molar-refractivity contribution in [2.75, 3.05) is 7.05 Å². The predicted octanol–water partition coefficient (Wildman–Crippen LogP) is 4.61. The highest BCUT2D eigenvalue weighted by atomic mass is 35.5. The van der Waals surface area contributed by atoms with Gasteiger partial charge in [0.2, 0.25) is 0 Å². The van der Waals surface area contributed by atoms with Crippen LogP contribution < -0.4 is 4.74 Å². The normalized spacial score (nSPS) is 11.1. The van der Waals surface area contributed by atoms with Gasteiger partial charge < -0.3 is 4.74 Å². The summed E-state index contributed by atoms with van der Waals surface area (Å²) in [6.45, 7) is 0. The molecule has 0 spiro atoms. The molecule has 0 saturated heterocycles. The van der Waals surface area contributed by atoms with Gasteiger partial charge in [0, 0.05) is 7.05 Å². The Bertz CT molecular complexity index is 509. The summed E-state index contributed by atoms with van der Waals surface area (Å²) in [5.41, 5.74) is 0.240. The maximum absolute atomic E-state index is 12.0. The molecule has 0 aliphatic heterocycles. The van der Waals surface area contributed by atoms with Gasteiger partial charge in [-0.2, -0.15) is 0 Å². The molecule has 4 nitrogen and oxygen atoms in total. The molecular formula is C10H8Cl3F3N2O2. The minimum atomic E-state index is -4.82. The molecule has 1 aromatic rings. The fourth-order valence-electron chi connectivity index (χ4n) is 0.976. The molecule has 20 heavy (non-hydrogen) atoms. The standard InChI is InChI=1S/C10H7Cl2F3N2O2.ClH/c1-17(9(12)18)5-16-6-2-3-8(7(11)4-6)19-10(13,14)15;/h2-5H,1H3;1H. The number of rotatable bonds is 3. The highest BCUT2D eigenvalue weighted by molar-refractivity contribution is 6.63. The van der Waals surface area contributed by atoms with Gasteiger partial charge in [0.05, 0.1) is 17.0 Å². The highest BCUT2D eigenvalue weighted by Gasteiger charge is 2.31. The Labute approximate surface area is 128 Å². The van der Waals surface area contributed by atoms with Crippen molar-refractivity contribution in [1.29, 1.82) is 0 Å². The smallest absolute Gasteiger partial charge is 0.404 e. The number of ether oxygens (including phenoxy) is 1. The van der Waals surface area contributed by atoms with E-state index in [1.807, 2.05) is 0 Å². The molecule has 0 aromatic heterocycles. The lowest BCUT2D eigenvalue weighted by Crippen LogP contribution is -2.18. The van der Waals surface area contributed by atoms with Crippen molar-refractivity contribution in [3.05, 3.63) is 23.2 Å². The van der Waals surface area contributed by atoms with E-state index >= 15 is 0 Å². The predicted molar refractivity (Wildman–Crippen MR) is 72.5 cm³/mol. The molecule has 0 aliphatic rings. The van der Waals surface area contributed by atoms with Crippen LogP contribution in [0.25, 0.3) is 0 Å². The number of benzene rings is 1. The molecular weight excluding hydrogens is 343 g/mol. The Hall–Kier alpha value is -1.18. The first kappa shape index (κ1) is 18.8. The summed E-state index contributed by atoms with van der Waals surface area (Å²) >= 11 is 10.8. The zero-order valence-electron chi connectivity index (χ0n) is 9.82. The van der Waals surface area contributed by atoms with E-state index in [0.29, 0.717) is 0 Å². The van der Waals surface area contributed by atoms with Crippen molar-refractivity contribution < 1.29 is 22.7 Å². The highest BCUT2D eigenvalue weighted by Crippen LogP contribution is 2.32. The van der Waals surface area contributed by atoms with Gasteiger partial charge in [-0.25, -0.2) is 4.99 Å². The van der Waals surface area contributed by atoms with E-state index in [2.05, 4.69) is 9.73 Å². The monoisotopic (exact) mass is 350 g/mol. The van der Waals surface area contributed by atoms with Crippen LogP contribution in [-0.4, -0.2) is 30.0 Å². The fraction of sp³-hybridized carbons (Fsp3) is 0.200. The van der Waals surface area contributed by atoms with Crippen molar-refractivity contribution in [2.24, 2.45) is 4.99 Å². The van der Waals surface area contributed by atoms with Gasteiger partial charge in [-0.05, 0) is 29.8 Å². The zero-order valence-corrected chi connectivity index (χ0v) is 12.1. The first-order valence-corrected chi connectivity index (χ1v) is 5.46. The van der Waals surface area contributed by atoms with Crippen LogP contribution in [0.15, 0.2) is 23.2 Å². The van der Waals surface area contributed by atoms with Crippen LogP contribution in [0.3, 0.4) is 0 Å². The number of hydrogen-bond acceptors (Lipinski definition) is 3. The van der Waals surface area contributed by atoms with Crippen LogP contribution in [-0.2, 0) is 0 Å². The third-order valence-corrected chi connectivity index (χ3v) is 2.36. The third-order valence-electron chi connectivity index (χ3n) is 1.80. The molecule has 0 aliphatic carbocycles. The molecule has 1 rings (SSSR count). The molecule has 1 amide bonds. The summed E-state index contributed by atoms with van der Waals surface area (Å²) in [6.07, 6.45) is -3.72. The molecule has 1 aromatic carbocycles. The Balaban J connectivity index is 0.00000361. The molecule has 10 heteroatoms. The number of carbonyl (C=O) groups excluding carboxylic acids is 1. The fourth-order valence-corrected chi connectivity index (χ4v) is 1.23. The number of carbonyl (C=O) groups is 1. The van der Waals surface area contributed by atoms with Crippen molar-refractivity contribution in [1.82, 2.24) is 4.90 Å². The second kappa shape index (κ2) is 7.56. The molecule has 0 fully saturated rings. The maximum atomic E-state index is 12.0. The molecule has 0 saturated carbocycles. The number of aliphatic imine (C=N–C) groups is 1. The van der Waals surface area contributed by atoms with Crippen LogP contribution in [0.5, 0.6) is 5.75 Å². The zero-order chi connectivity index (χ0) is 14.6. The number of hydrogen-bond donors (Lipinski definition) is 0. The van der Waals surface area contributed by atoms with E-state index in [1.165, 1.54) is 13.1 Å².